The minimum Gasteiger partial charge on any atom is -0.381 e. The summed E-state index contributed by atoms with van der Waals surface area (Å²) < 4.78 is 7.55. The largest absolute Gasteiger partial charge is 0.381 e. The van der Waals surface area contributed by atoms with Crippen molar-refractivity contribution in [1.29, 1.82) is 0 Å². The molecule has 2 aromatic heterocycles. The summed E-state index contributed by atoms with van der Waals surface area (Å²) in [6, 6.07) is 2.46. The Morgan fingerprint density at radius 3 is 2.78 bits per heavy atom. The Bertz CT molecular complexity index is 740. The summed E-state index contributed by atoms with van der Waals surface area (Å²) in [6.07, 6.45) is 8.55. The topological polar surface area (TPSA) is 81.1 Å². The molecule has 0 saturated carbocycles. The van der Waals surface area contributed by atoms with Crippen molar-refractivity contribution in [3.8, 4) is 0 Å². The van der Waals surface area contributed by atoms with Crippen LogP contribution in [0.5, 0.6) is 0 Å². The van der Waals surface area contributed by atoms with Crippen molar-refractivity contribution in [3.63, 3.8) is 0 Å². The first-order chi connectivity index (χ1) is 12.3. The highest BCUT2D eigenvalue weighted by molar-refractivity contribution is 5.96. The van der Waals surface area contributed by atoms with E-state index in [0.29, 0.717) is 11.6 Å². The summed E-state index contributed by atoms with van der Waals surface area (Å²) in [5, 5.41) is 6.50. The number of nitrogens with one attached hydrogen (secondary N) is 2. The van der Waals surface area contributed by atoms with Crippen molar-refractivity contribution in [3.05, 3.63) is 24.2 Å². The van der Waals surface area contributed by atoms with Crippen LogP contribution in [0.4, 0.5) is 0 Å². The highest BCUT2D eigenvalue weighted by Gasteiger charge is 2.20. The molecule has 0 aliphatic carbocycles. The first-order valence-electron chi connectivity index (χ1n) is 9.23. The second-order valence-corrected chi connectivity index (χ2v) is 6.91. The molecule has 2 fully saturated rings. The van der Waals surface area contributed by atoms with Gasteiger partial charge in [-0.25, -0.2) is 9.97 Å². The van der Waals surface area contributed by atoms with E-state index in [4.69, 9.17) is 4.74 Å². The van der Waals surface area contributed by atoms with E-state index >= 15 is 0 Å². The summed E-state index contributed by atoms with van der Waals surface area (Å²) in [6.45, 7) is 3.55. The second kappa shape index (κ2) is 10.2. The number of carbonyl (C=O) groups is 1. The lowest BCUT2D eigenvalue weighted by molar-refractivity contribution is 0.0704. The highest BCUT2D eigenvalue weighted by atomic mass is 35.5. The van der Waals surface area contributed by atoms with E-state index in [1.807, 2.05) is 12.4 Å². The van der Waals surface area contributed by atoms with Gasteiger partial charge in [0.1, 0.15) is 5.52 Å². The van der Waals surface area contributed by atoms with Crippen molar-refractivity contribution < 1.29 is 9.53 Å². The minimum absolute atomic E-state index is 0. The van der Waals surface area contributed by atoms with E-state index in [-0.39, 0.29) is 36.8 Å². The van der Waals surface area contributed by atoms with Gasteiger partial charge in [-0.05, 0) is 51.3 Å². The summed E-state index contributed by atoms with van der Waals surface area (Å²) in [5.41, 5.74) is 2.21. The van der Waals surface area contributed by atoms with Gasteiger partial charge in [0.15, 0.2) is 5.65 Å². The molecule has 0 radical (unpaired) electrons. The maximum absolute atomic E-state index is 12.6. The third-order valence-corrected chi connectivity index (χ3v) is 5.17. The van der Waals surface area contributed by atoms with Crippen molar-refractivity contribution in [2.24, 2.45) is 0 Å². The van der Waals surface area contributed by atoms with E-state index in [2.05, 4.69) is 25.2 Å². The number of imidazole rings is 1. The van der Waals surface area contributed by atoms with Gasteiger partial charge >= 0.3 is 0 Å². The van der Waals surface area contributed by atoms with E-state index in [1.54, 1.807) is 6.20 Å². The summed E-state index contributed by atoms with van der Waals surface area (Å²) in [4.78, 5) is 21.6. The third kappa shape index (κ3) is 5.10. The van der Waals surface area contributed by atoms with Gasteiger partial charge in [0.2, 0.25) is 0 Å². The number of hydrogen-bond acceptors (Lipinski definition) is 5. The van der Waals surface area contributed by atoms with Gasteiger partial charge in [0, 0.05) is 31.5 Å². The minimum atomic E-state index is -0.0538. The number of rotatable bonds is 3. The van der Waals surface area contributed by atoms with Crippen LogP contribution in [0.2, 0.25) is 0 Å². The normalized spacial score (nSPS) is 21.0. The lowest BCUT2D eigenvalue weighted by atomic mass is 10.1. The summed E-state index contributed by atoms with van der Waals surface area (Å²) in [5.74, 6) is -0.0538. The monoisotopic (exact) mass is 415 g/mol. The number of fused-ring (bicyclic) bond motifs is 1. The van der Waals surface area contributed by atoms with E-state index in [9.17, 15) is 4.79 Å². The molecule has 0 bridgehead atoms. The fourth-order valence-corrected chi connectivity index (χ4v) is 3.71. The van der Waals surface area contributed by atoms with Crippen LogP contribution in [0.1, 0.15) is 48.5 Å². The number of amides is 1. The molecule has 0 spiro atoms. The fraction of sp³-hybridized carbons (Fsp3) is 0.611. The van der Waals surface area contributed by atoms with Crippen molar-refractivity contribution >= 4 is 41.9 Å². The average Bonchev–Trinajstić information content (AvgIpc) is 2.91. The van der Waals surface area contributed by atoms with Gasteiger partial charge < -0.3 is 19.9 Å². The number of carbonyl (C=O) groups excluding carboxylic acids is 1. The van der Waals surface area contributed by atoms with Gasteiger partial charge in [-0.15, -0.1) is 24.8 Å². The zero-order valence-corrected chi connectivity index (χ0v) is 16.9. The Labute approximate surface area is 171 Å². The van der Waals surface area contributed by atoms with E-state index in [0.717, 1.165) is 69.6 Å². The molecule has 2 N–H and O–H groups in total. The molecular weight excluding hydrogens is 389 g/mol. The number of halogens is 2. The molecule has 9 heteroatoms. The maximum atomic E-state index is 12.6. The molecule has 4 rings (SSSR count). The first-order valence-corrected chi connectivity index (χ1v) is 9.23. The maximum Gasteiger partial charge on any atom is 0.253 e. The molecule has 2 saturated heterocycles. The molecule has 1 unspecified atom stereocenters. The van der Waals surface area contributed by atoms with Crippen LogP contribution in [0.25, 0.3) is 11.2 Å². The van der Waals surface area contributed by atoms with Crippen LogP contribution in [0, 0.1) is 0 Å². The Morgan fingerprint density at radius 1 is 1.15 bits per heavy atom. The van der Waals surface area contributed by atoms with Gasteiger partial charge in [0.05, 0.1) is 11.9 Å². The molecule has 2 aliphatic rings. The van der Waals surface area contributed by atoms with Crippen LogP contribution >= 0.6 is 24.8 Å². The molecule has 2 aromatic rings. The Morgan fingerprint density at radius 2 is 1.96 bits per heavy atom. The molecule has 0 aromatic carbocycles. The molecule has 4 heterocycles. The van der Waals surface area contributed by atoms with E-state index in [1.165, 1.54) is 0 Å². The van der Waals surface area contributed by atoms with Crippen LogP contribution < -0.4 is 10.6 Å². The number of nitrogens with zero attached hydrogens (tertiary/aromatic N) is 3. The molecule has 27 heavy (non-hydrogen) atoms. The predicted molar refractivity (Wildman–Crippen MR) is 109 cm³/mol. The van der Waals surface area contributed by atoms with Crippen molar-refractivity contribution in [1.82, 2.24) is 25.2 Å². The summed E-state index contributed by atoms with van der Waals surface area (Å²) >= 11 is 0. The molecule has 1 atom stereocenters. The van der Waals surface area contributed by atoms with Crippen molar-refractivity contribution in [2.75, 3.05) is 26.3 Å². The van der Waals surface area contributed by atoms with Gasteiger partial charge in [-0.1, -0.05) is 0 Å². The first kappa shape index (κ1) is 21.9. The zero-order valence-electron chi connectivity index (χ0n) is 15.2. The Kier molecular flexibility index (Phi) is 8.28. The summed E-state index contributed by atoms with van der Waals surface area (Å²) in [7, 11) is 0. The van der Waals surface area contributed by atoms with Crippen LogP contribution in [0.3, 0.4) is 0 Å². The standard InChI is InChI=1S/C18H25N5O2.2ClH/c24-18(22-14-2-1-6-19-7-3-14)13-10-16-17(20-11-13)23(12-21-16)15-4-8-25-9-5-15;;/h10-12,14-15,19H,1-9H2,(H,22,24);2*1H. The van der Waals surface area contributed by atoms with Crippen LogP contribution in [0.15, 0.2) is 18.6 Å². The quantitative estimate of drug-likeness (QED) is 0.804. The predicted octanol–water partition coefficient (Wildman–Crippen LogP) is 2.50. The SMILES string of the molecule is Cl.Cl.O=C(NC1CCCNCC1)c1cnc2c(c1)ncn2C1CCOCC1. The smallest absolute Gasteiger partial charge is 0.253 e. The van der Waals surface area contributed by atoms with Crippen LogP contribution in [-0.2, 0) is 4.74 Å². The zero-order chi connectivity index (χ0) is 17.1. The lowest BCUT2D eigenvalue weighted by Gasteiger charge is -2.23. The van der Waals surface area contributed by atoms with Crippen LogP contribution in [-0.4, -0.2) is 52.8 Å². The average molecular weight is 416 g/mol. The Balaban J connectivity index is 0.00000131. The van der Waals surface area contributed by atoms with E-state index < -0.39 is 0 Å². The van der Waals surface area contributed by atoms with Gasteiger partial charge in [-0.2, -0.15) is 0 Å². The van der Waals surface area contributed by atoms with Gasteiger partial charge in [0.25, 0.3) is 5.91 Å². The number of aromatic nitrogens is 3. The fourth-order valence-electron chi connectivity index (χ4n) is 3.71. The number of pyridine rings is 1. The highest BCUT2D eigenvalue weighted by Crippen LogP contribution is 2.24. The molecule has 2 aliphatic heterocycles. The number of hydrogen-bond donors (Lipinski definition) is 2. The van der Waals surface area contributed by atoms with Crippen molar-refractivity contribution in [2.45, 2.75) is 44.2 Å². The molecular formula is C18H27Cl2N5O2. The van der Waals surface area contributed by atoms with Gasteiger partial charge in [-0.3, -0.25) is 4.79 Å². The molecule has 7 nitrogen and oxygen atoms in total. The second-order valence-electron chi connectivity index (χ2n) is 6.91. The lowest BCUT2D eigenvalue weighted by Crippen LogP contribution is -2.35. The number of ether oxygens (including phenoxy) is 1. The third-order valence-electron chi connectivity index (χ3n) is 5.17. The molecule has 150 valence electrons. The Hall–Kier alpha value is -1.41. The molecule has 1 amide bonds.